The second-order valence-electron chi connectivity index (χ2n) is 7.20. The molecule has 2 N–H and O–H groups in total. The lowest BCUT2D eigenvalue weighted by Gasteiger charge is -2.25. The predicted molar refractivity (Wildman–Crippen MR) is 108 cm³/mol. The number of hydrogen-bond donors (Lipinski definition) is 2. The van der Waals surface area contributed by atoms with Crippen LogP contribution in [-0.4, -0.2) is 33.5 Å². The number of hydrogen-bond acceptors (Lipinski definition) is 5. The number of aromatic nitrogens is 3. The van der Waals surface area contributed by atoms with E-state index in [0.717, 1.165) is 69.0 Å². The number of aliphatic hydroxyl groups excluding tert-OH is 1. The molecule has 0 unspecified atom stereocenters. The molecule has 0 saturated carbocycles. The Hall–Kier alpha value is -2.28. The third kappa shape index (κ3) is 3.04. The lowest BCUT2D eigenvalue weighted by atomic mass is 9.93. The number of H-pyrrole nitrogens is 1. The lowest BCUT2D eigenvalue weighted by Crippen LogP contribution is -2.21. The summed E-state index contributed by atoms with van der Waals surface area (Å²) in [6.45, 7) is 3.48. The number of benzene rings is 1. The van der Waals surface area contributed by atoms with Crippen molar-refractivity contribution in [2.24, 2.45) is 5.92 Å². The van der Waals surface area contributed by atoms with Crippen LogP contribution in [-0.2, 0) is 4.74 Å². The van der Waals surface area contributed by atoms with Crippen LogP contribution in [0, 0.1) is 12.8 Å². The largest absolute Gasteiger partial charge is 0.387 e. The Kier molecular flexibility index (Phi) is 4.19. The number of fused-ring (bicyclic) bond motifs is 2. The van der Waals surface area contributed by atoms with E-state index >= 15 is 0 Å². The highest BCUT2D eigenvalue weighted by atomic mass is 32.1. The second-order valence-corrected chi connectivity index (χ2v) is 8.27. The zero-order chi connectivity index (χ0) is 18.4. The van der Waals surface area contributed by atoms with Gasteiger partial charge >= 0.3 is 0 Å². The third-order valence-corrected chi connectivity index (χ3v) is 6.57. The minimum absolute atomic E-state index is 0.276. The van der Waals surface area contributed by atoms with Crippen molar-refractivity contribution in [3.05, 3.63) is 47.0 Å². The maximum absolute atomic E-state index is 10.8. The van der Waals surface area contributed by atoms with Crippen LogP contribution in [0.3, 0.4) is 0 Å². The first-order valence-corrected chi connectivity index (χ1v) is 10.1. The summed E-state index contributed by atoms with van der Waals surface area (Å²) in [6, 6.07) is 12.5. The molecule has 5 nitrogen and oxygen atoms in total. The molecule has 0 radical (unpaired) electrons. The quantitative estimate of drug-likeness (QED) is 0.545. The standard InChI is InChI=1S/C21H21N3O2S/c1-12-16-10-14(2-5-18(16)24-23-12)17-4-3-15-11-19(27-21(15)22-17)20(25)13-6-8-26-9-7-13/h2-5,10-11,13,20,25H,6-9H2,1H3,(H,23,24)/t20-/m0/s1. The minimum Gasteiger partial charge on any atom is -0.387 e. The summed E-state index contributed by atoms with van der Waals surface area (Å²) in [6.07, 6.45) is 1.40. The van der Waals surface area contributed by atoms with Crippen molar-refractivity contribution in [1.29, 1.82) is 0 Å². The molecule has 1 fully saturated rings. The first-order valence-electron chi connectivity index (χ1n) is 9.30. The van der Waals surface area contributed by atoms with Crippen molar-refractivity contribution in [3.63, 3.8) is 0 Å². The van der Waals surface area contributed by atoms with Crippen molar-refractivity contribution < 1.29 is 9.84 Å². The predicted octanol–water partition coefficient (Wildman–Crippen LogP) is 4.61. The van der Waals surface area contributed by atoms with Gasteiger partial charge in [-0.15, -0.1) is 11.3 Å². The highest BCUT2D eigenvalue weighted by Crippen LogP contribution is 2.37. The molecule has 27 heavy (non-hydrogen) atoms. The van der Waals surface area contributed by atoms with Gasteiger partial charge in [0.25, 0.3) is 0 Å². The van der Waals surface area contributed by atoms with Crippen LogP contribution < -0.4 is 0 Å². The molecule has 0 amide bonds. The molecule has 1 aliphatic rings. The van der Waals surface area contributed by atoms with E-state index in [2.05, 4.69) is 40.5 Å². The first-order chi connectivity index (χ1) is 13.2. The maximum atomic E-state index is 10.8. The van der Waals surface area contributed by atoms with Gasteiger partial charge in [0, 0.05) is 34.4 Å². The van der Waals surface area contributed by atoms with Crippen LogP contribution in [0.4, 0.5) is 0 Å². The van der Waals surface area contributed by atoms with E-state index in [4.69, 9.17) is 9.72 Å². The van der Waals surface area contributed by atoms with E-state index < -0.39 is 6.10 Å². The van der Waals surface area contributed by atoms with Crippen LogP contribution in [0.15, 0.2) is 36.4 Å². The zero-order valence-corrected chi connectivity index (χ0v) is 15.9. The average molecular weight is 379 g/mol. The molecule has 1 aromatic carbocycles. The number of ether oxygens (including phenoxy) is 1. The lowest BCUT2D eigenvalue weighted by molar-refractivity contribution is 0.00856. The molecule has 4 heterocycles. The van der Waals surface area contributed by atoms with Gasteiger partial charge in [0.15, 0.2) is 0 Å². The molecule has 0 bridgehead atoms. The summed E-state index contributed by atoms with van der Waals surface area (Å²) in [5.41, 5.74) is 4.05. The molecule has 6 heteroatoms. The van der Waals surface area contributed by atoms with Gasteiger partial charge in [-0.25, -0.2) is 4.98 Å². The molecule has 0 aliphatic carbocycles. The maximum Gasteiger partial charge on any atom is 0.124 e. The normalized spacial score (nSPS) is 17.0. The summed E-state index contributed by atoms with van der Waals surface area (Å²) in [5, 5.41) is 20.3. The molecule has 1 aliphatic heterocycles. The summed E-state index contributed by atoms with van der Waals surface area (Å²) in [4.78, 5) is 6.84. The zero-order valence-electron chi connectivity index (χ0n) is 15.1. The monoisotopic (exact) mass is 379 g/mol. The molecule has 3 aromatic heterocycles. The number of aliphatic hydroxyl groups is 1. The molecule has 1 atom stereocenters. The van der Waals surface area contributed by atoms with Crippen LogP contribution in [0.25, 0.3) is 32.4 Å². The Morgan fingerprint density at radius 2 is 2.04 bits per heavy atom. The van der Waals surface area contributed by atoms with E-state index in [0.29, 0.717) is 0 Å². The molecule has 1 saturated heterocycles. The third-order valence-electron chi connectivity index (χ3n) is 5.46. The van der Waals surface area contributed by atoms with E-state index in [-0.39, 0.29) is 5.92 Å². The van der Waals surface area contributed by atoms with Crippen molar-refractivity contribution in [2.75, 3.05) is 13.2 Å². The summed E-state index contributed by atoms with van der Waals surface area (Å²) in [7, 11) is 0. The number of rotatable bonds is 3. The van der Waals surface area contributed by atoms with Gasteiger partial charge < -0.3 is 9.84 Å². The molecule has 0 spiro atoms. The van der Waals surface area contributed by atoms with Crippen molar-refractivity contribution >= 4 is 32.5 Å². The van der Waals surface area contributed by atoms with Crippen molar-refractivity contribution in [2.45, 2.75) is 25.9 Å². The van der Waals surface area contributed by atoms with Gasteiger partial charge in [-0.1, -0.05) is 6.07 Å². The Morgan fingerprint density at radius 1 is 1.19 bits per heavy atom. The van der Waals surface area contributed by atoms with Crippen LogP contribution in [0.5, 0.6) is 0 Å². The Bertz CT molecular complexity index is 1110. The van der Waals surface area contributed by atoms with Gasteiger partial charge in [-0.2, -0.15) is 5.10 Å². The number of nitrogens with one attached hydrogen (secondary N) is 1. The van der Waals surface area contributed by atoms with E-state index in [1.54, 1.807) is 11.3 Å². The second kappa shape index (κ2) is 6.71. The average Bonchev–Trinajstić information content (AvgIpc) is 3.31. The Morgan fingerprint density at radius 3 is 2.89 bits per heavy atom. The first kappa shape index (κ1) is 16.9. The topological polar surface area (TPSA) is 71.0 Å². The summed E-state index contributed by atoms with van der Waals surface area (Å²) >= 11 is 1.60. The SMILES string of the molecule is Cc1n[nH]c2ccc(-c3ccc4cc([C@@H](O)C5CCOCC5)sc4n3)cc12. The number of nitrogens with zero attached hydrogens (tertiary/aromatic N) is 2. The molecule has 138 valence electrons. The molecular formula is C21H21N3O2S. The van der Waals surface area contributed by atoms with Gasteiger partial charge in [-0.05, 0) is 56.0 Å². The van der Waals surface area contributed by atoms with Crippen molar-refractivity contribution in [1.82, 2.24) is 15.2 Å². The Balaban J connectivity index is 1.50. The fourth-order valence-corrected chi connectivity index (χ4v) is 4.92. The van der Waals surface area contributed by atoms with Gasteiger partial charge in [0.2, 0.25) is 0 Å². The molecule has 5 rings (SSSR count). The smallest absolute Gasteiger partial charge is 0.124 e. The molecular weight excluding hydrogens is 358 g/mol. The van der Waals surface area contributed by atoms with E-state index in [9.17, 15) is 5.11 Å². The minimum atomic E-state index is -0.429. The van der Waals surface area contributed by atoms with Crippen LogP contribution >= 0.6 is 11.3 Å². The highest BCUT2D eigenvalue weighted by Gasteiger charge is 2.25. The number of thiophene rings is 1. The van der Waals surface area contributed by atoms with Crippen molar-refractivity contribution in [3.8, 4) is 11.3 Å². The fraction of sp³-hybridized carbons (Fsp3) is 0.333. The number of aryl methyl sites for hydroxylation is 1. The van der Waals surface area contributed by atoms with E-state index in [1.165, 1.54) is 0 Å². The van der Waals surface area contributed by atoms with Gasteiger partial charge in [0.05, 0.1) is 23.0 Å². The van der Waals surface area contributed by atoms with Crippen LogP contribution in [0.1, 0.15) is 29.5 Å². The number of pyridine rings is 1. The van der Waals surface area contributed by atoms with Gasteiger partial charge in [0.1, 0.15) is 4.83 Å². The highest BCUT2D eigenvalue weighted by molar-refractivity contribution is 7.18. The fourth-order valence-electron chi connectivity index (χ4n) is 3.81. The summed E-state index contributed by atoms with van der Waals surface area (Å²) in [5.74, 6) is 0.276. The van der Waals surface area contributed by atoms with Crippen LogP contribution in [0.2, 0.25) is 0 Å². The number of aromatic amines is 1. The Labute approximate surface area is 161 Å². The summed E-state index contributed by atoms with van der Waals surface area (Å²) < 4.78 is 5.42. The van der Waals surface area contributed by atoms with E-state index in [1.807, 2.05) is 13.0 Å². The van der Waals surface area contributed by atoms with Gasteiger partial charge in [-0.3, -0.25) is 5.10 Å². The molecule has 4 aromatic rings.